The summed E-state index contributed by atoms with van der Waals surface area (Å²) in [5.74, 6) is -1.12. The normalized spacial score (nSPS) is 13.3. The molecule has 0 N–H and O–H groups in total. The molecule has 1 aliphatic rings. The molecule has 0 amide bonds. The van der Waals surface area contributed by atoms with Crippen molar-refractivity contribution in [3.05, 3.63) is 81.7 Å². The number of aliphatic imine (C=N–C) groups is 1. The van der Waals surface area contributed by atoms with Crippen molar-refractivity contribution in [1.82, 2.24) is 0 Å². The van der Waals surface area contributed by atoms with Crippen LogP contribution in [0, 0.1) is 0 Å². The van der Waals surface area contributed by atoms with Crippen LogP contribution in [-0.2, 0) is 21.1 Å². The van der Waals surface area contributed by atoms with E-state index in [4.69, 9.17) is 11.6 Å². The second-order valence-corrected chi connectivity index (χ2v) is 10.5. The lowest BCUT2D eigenvalue weighted by molar-refractivity contribution is -0.116. The van der Waals surface area contributed by atoms with E-state index in [0.29, 0.717) is 32.4 Å². The van der Waals surface area contributed by atoms with Crippen molar-refractivity contribution >= 4 is 55.7 Å². The Morgan fingerprint density at radius 2 is 1.72 bits per heavy atom. The molecular weight excluding hydrogens is 430 g/mol. The molecule has 3 aromatic rings. The average Bonchev–Trinajstić information content (AvgIpc) is 3.27. The van der Waals surface area contributed by atoms with E-state index < -0.39 is 21.4 Å². The van der Waals surface area contributed by atoms with Gasteiger partial charge in [0, 0.05) is 17.5 Å². The number of sulfone groups is 1. The maximum absolute atomic E-state index is 12.5. The van der Waals surface area contributed by atoms with Crippen LogP contribution in [0.4, 0.5) is 5.69 Å². The molecule has 0 atom stereocenters. The van der Waals surface area contributed by atoms with Gasteiger partial charge in [0.05, 0.1) is 10.0 Å². The van der Waals surface area contributed by atoms with Gasteiger partial charge in [-0.25, -0.2) is 13.4 Å². The van der Waals surface area contributed by atoms with Crippen molar-refractivity contribution in [2.45, 2.75) is 10.6 Å². The number of Topliss-reactive ketones (excluding diaryl/α,β-unsaturated/α-hetero) is 2. The smallest absolute Gasteiger partial charge is 0.214 e. The van der Waals surface area contributed by atoms with Gasteiger partial charge in [-0.05, 0) is 29.8 Å². The van der Waals surface area contributed by atoms with Crippen LogP contribution in [0.1, 0.15) is 21.5 Å². The predicted octanol–water partition coefficient (Wildman–Crippen LogP) is 4.30. The van der Waals surface area contributed by atoms with E-state index in [0.717, 1.165) is 11.3 Å². The maximum Gasteiger partial charge on any atom is 0.214 e. The van der Waals surface area contributed by atoms with E-state index in [1.807, 2.05) is 6.07 Å². The van der Waals surface area contributed by atoms with Crippen molar-refractivity contribution in [1.29, 1.82) is 0 Å². The van der Waals surface area contributed by atoms with Gasteiger partial charge in [-0.2, -0.15) is 0 Å². The number of hydrogen-bond donors (Lipinski definition) is 0. The highest BCUT2D eigenvalue weighted by Crippen LogP contribution is 2.29. The minimum Gasteiger partial charge on any atom is -0.298 e. The summed E-state index contributed by atoms with van der Waals surface area (Å²) in [4.78, 5) is 29.1. The zero-order valence-electron chi connectivity index (χ0n) is 15.0. The molecule has 146 valence electrons. The predicted molar refractivity (Wildman–Crippen MR) is 114 cm³/mol. The third-order valence-electron chi connectivity index (χ3n) is 4.43. The van der Waals surface area contributed by atoms with Crippen LogP contribution in [0.3, 0.4) is 0 Å². The van der Waals surface area contributed by atoms with Gasteiger partial charge >= 0.3 is 0 Å². The number of thiophene rings is 1. The molecule has 0 unspecified atom stereocenters. The summed E-state index contributed by atoms with van der Waals surface area (Å²) in [7, 11) is -3.70. The van der Waals surface area contributed by atoms with Crippen LogP contribution in [0.25, 0.3) is 0 Å². The molecule has 29 heavy (non-hydrogen) atoms. The number of halogens is 1. The first kappa shape index (κ1) is 19.7. The average molecular weight is 444 g/mol. The molecule has 1 aromatic heterocycles. The van der Waals surface area contributed by atoms with Gasteiger partial charge in [-0.15, -0.1) is 11.3 Å². The third kappa shape index (κ3) is 4.07. The maximum atomic E-state index is 12.5. The zero-order valence-corrected chi connectivity index (χ0v) is 17.4. The topological polar surface area (TPSA) is 80.6 Å². The van der Waals surface area contributed by atoms with Gasteiger partial charge in [0.25, 0.3) is 0 Å². The van der Waals surface area contributed by atoms with Gasteiger partial charge < -0.3 is 0 Å². The molecule has 0 aliphatic carbocycles. The highest BCUT2D eigenvalue weighted by Gasteiger charge is 2.25. The Kier molecular flexibility index (Phi) is 5.21. The van der Waals surface area contributed by atoms with E-state index in [1.165, 1.54) is 12.1 Å². The molecule has 8 heteroatoms. The Labute approximate surface area is 176 Å². The molecule has 4 rings (SSSR count). The highest BCUT2D eigenvalue weighted by molar-refractivity contribution is 7.94. The summed E-state index contributed by atoms with van der Waals surface area (Å²) in [5.41, 5.74) is 2.90. The third-order valence-corrected chi connectivity index (χ3v) is 7.92. The number of carbonyl (C=O) groups is 2. The van der Waals surface area contributed by atoms with Crippen molar-refractivity contribution in [2.75, 3.05) is 5.75 Å². The second kappa shape index (κ2) is 7.67. The highest BCUT2D eigenvalue weighted by atomic mass is 35.5. The molecule has 2 aromatic carbocycles. The molecule has 0 saturated heterocycles. The molecular formula is C21H14ClNO4S2. The fraction of sp³-hybridized carbons (Fsp3) is 0.0952. The Bertz CT molecular complexity index is 1260. The number of fused-ring (bicyclic) bond motifs is 1. The molecule has 2 heterocycles. The van der Waals surface area contributed by atoms with Gasteiger partial charge in [0.1, 0.15) is 15.7 Å². The second-order valence-electron chi connectivity index (χ2n) is 6.54. The SMILES string of the molecule is O=C(Cc1ccc(C2=Nc3ccccc3C2=O)cc1)CS(=O)(=O)c1ccc(Cl)s1. The monoisotopic (exact) mass is 443 g/mol. The number of benzene rings is 2. The van der Waals surface area contributed by atoms with E-state index in [2.05, 4.69) is 4.99 Å². The van der Waals surface area contributed by atoms with Gasteiger partial charge in [-0.3, -0.25) is 9.59 Å². The molecule has 1 aliphatic heterocycles. The minimum atomic E-state index is -3.70. The fourth-order valence-corrected chi connectivity index (χ4v) is 5.88. The lowest BCUT2D eigenvalue weighted by Crippen LogP contribution is -2.17. The molecule has 0 radical (unpaired) electrons. The van der Waals surface area contributed by atoms with E-state index in [9.17, 15) is 18.0 Å². The minimum absolute atomic E-state index is 0.0146. The van der Waals surface area contributed by atoms with E-state index in [1.54, 1.807) is 42.5 Å². The van der Waals surface area contributed by atoms with Gasteiger partial charge in [0.2, 0.25) is 5.78 Å². The summed E-state index contributed by atoms with van der Waals surface area (Å²) in [6.07, 6.45) is -0.0146. The first-order valence-corrected chi connectivity index (χ1v) is 11.5. The van der Waals surface area contributed by atoms with Crippen LogP contribution < -0.4 is 0 Å². The molecule has 0 fully saturated rings. The number of para-hydroxylation sites is 1. The Morgan fingerprint density at radius 3 is 2.38 bits per heavy atom. The Balaban J connectivity index is 1.45. The quantitative estimate of drug-likeness (QED) is 0.568. The molecule has 0 bridgehead atoms. The van der Waals surface area contributed by atoms with Crippen LogP contribution in [0.15, 0.2) is 69.9 Å². The summed E-state index contributed by atoms with van der Waals surface area (Å²) in [5, 5.41) is 0. The van der Waals surface area contributed by atoms with Crippen LogP contribution in [-0.4, -0.2) is 31.4 Å². The molecule has 0 spiro atoms. The van der Waals surface area contributed by atoms with Crippen molar-refractivity contribution in [3.8, 4) is 0 Å². The number of carbonyl (C=O) groups excluding carboxylic acids is 2. The number of rotatable bonds is 6. The van der Waals surface area contributed by atoms with Crippen LogP contribution in [0.2, 0.25) is 4.34 Å². The first-order chi connectivity index (χ1) is 13.8. The number of ketones is 2. The zero-order chi connectivity index (χ0) is 20.6. The van der Waals surface area contributed by atoms with Crippen molar-refractivity contribution < 1.29 is 18.0 Å². The molecule has 5 nitrogen and oxygen atoms in total. The van der Waals surface area contributed by atoms with Crippen LogP contribution >= 0.6 is 22.9 Å². The Hall–Kier alpha value is -2.61. The summed E-state index contributed by atoms with van der Waals surface area (Å²) in [6.45, 7) is 0. The fourth-order valence-electron chi connectivity index (χ4n) is 3.06. The lowest BCUT2D eigenvalue weighted by atomic mass is 10.0. The van der Waals surface area contributed by atoms with E-state index >= 15 is 0 Å². The number of hydrogen-bond acceptors (Lipinski definition) is 6. The summed E-state index contributed by atoms with van der Waals surface area (Å²) >= 11 is 6.71. The van der Waals surface area contributed by atoms with E-state index in [-0.39, 0.29) is 16.4 Å². The standard InChI is InChI=1S/C21H14ClNO4S2/c22-18-9-10-19(28-18)29(26,27)12-15(24)11-13-5-7-14(8-6-13)20-21(25)16-3-1-2-4-17(16)23-20/h1-10H,11-12H2. The van der Waals surface area contributed by atoms with Crippen molar-refractivity contribution in [2.24, 2.45) is 4.99 Å². The summed E-state index contributed by atoms with van der Waals surface area (Å²) < 4.78 is 25.0. The largest absolute Gasteiger partial charge is 0.298 e. The molecule has 0 saturated carbocycles. The first-order valence-electron chi connectivity index (χ1n) is 8.65. The van der Waals surface area contributed by atoms with Crippen molar-refractivity contribution in [3.63, 3.8) is 0 Å². The van der Waals surface area contributed by atoms with Gasteiger partial charge in [-0.1, -0.05) is 48.0 Å². The Morgan fingerprint density at radius 1 is 1.00 bits per heavy atom. The lowest BCUT2D eigenvalue weighted by Gasteiger charge is -2.04. The summed E-state index contributed by atoms with van der Waals surface area (Å²) in [6, 6.07) is 16.9. The number of nitrogens with zero attached hydrogens (tertiary/aromatic N) is 1. The van der Waals surface area contributed by atoms with Gasteiger partial charge in [0.15, 0.2) is 15.6 Å². The van der Waals surface area contributed by atoms with Crippen LogP contribution in [0.5, 0.6) is 0 Å².